The summed E-state index contributed by atoms with van der Waals surface area (Å²) in [4.78, 5) is 2.62. The molecule has 0 aliphatic carbocycles. The molecule has 2 fully saturated rings. The Kier molecular flexibility index (Phi) is 3.13. The van der Waals surface area contributed by atoms with Crippen molar-refractivity contribution in [3.63, 3.8) is 0 Å². The average Bonchev–Trinajstić information content (AvgIpc) is 2.42. The third-order valence-corrected chi connectivity index (χ3v) is 4.51. The molecule has 0 radical (unpaired) electrons. The van der Waals surface area contributed by atoms with Crippen LogP contribution in [-0.2, 0) is 0 Å². The zero-order valence-electron chi connectivity index (χ0n) is 9.79. The lowest BCUT2D eigenvalue weighted by Crippen LogP contribution is -2.46. The molecule has 14 heavy (non-hydrogen) atoms. The van der Waals surface area contributed by atoms with Gasteiger partial charge < -0.3 is 10.2 Å². The second-order valence-corrected chi connectivity index (χ2v) is 5.09. The molecule has 2 bridgehead atoms. The number of hydrogen-bond donors (Lipinski definition) is 1. The molecule has 2 heterocycles. The van der Waals surface area contributed by atoms with Crippen molar-refractivity contribution < 1.29 is 0 Å². The molecule has 2 rings (SSSR count). The summed E-state index contributed by atoms with van der Waals surface area (Å²) in [5.41, 5.74) is 0. The van der Waals surface area contributed by atoms with Crippen molar-refractivity contribution in [3.05, 3.63) is 0 Å². The number of piperidine rings is 1. The molecule has 3 atom stereocenters. The van der Waals surface area contributed by atoms with E-state index in [1.54, 1.807) is 0 Å². The van der Waals surface area contributed by atoms with Gasteiger partial charge in [-0.05, 0) is 52.1 Å². The predicted octanol–water partition coefficient (Wildman–Crippen LogP) is 1.86. The number of fused-ring (bicyclic) bond motifs is 2. The van der Waals surface area contributed by atoms with E-state index >= 15 is 0 Å². The van der Waals surface area contributed by atoms with Gasteiger partial charge in [0.15, 0.2) is 0 Å². The van der Waals surface area contributed by atoms with Gasteiger partial charge in [0, 0.05) is 18.1 Å². The van der Waals surface area contributed by atoms with E-state index in [0.717, 1.165) is 24.0 Å². The molecule has 2 aliphatic heterocycles. The number of nitrogens with zero attached hydrogens (tertiary/aromatic N) is 1. The Labute approximate surface area is 88.1 Å². The van der Waals surface area contributed by atoms with Crippen LogP contribution in [0.2, 0.25) is 0 Å². The molecule has 1 N–H and O–H groups in total. The van der Waals surface area contributed by atoms with Gasteiger partial charge in [-0.3, -0.25) is 0 Å². The topological polar surface area (TPSA) is 15.3 Å². The fraction of sp³-hybridized carbons (Fsp3) is 1.00. The lowest BCUT2D eigenvalue weighted by molar-refractivity contribution is 0.113. The molecule has 0 spiro atoms. The third kappa shape index (κ3) is 1.70. The normalized spacial score (nSPS) is 40.1. The van der Waals surface area contributed by atoms with E-state index in [2.05, 4.69) is 31.2 Å². The first-order valence-corrected chi connectivity index (χ1v) is 6.15. The molecule has 0 aromatic heterocycles. The quantitative estimate of drug-likeness (QED) is 0.741. The van der Waals surface area contributed by atoms with Crippen LogP contribution in [0.3, 0.4) is 0 Å². The molecular formula is C12H24N2. The van der Waals surface area contributed by atoms with E-state index in [9.17, 15) is 0 Å². The van der Waals surface area contributed by atoms with E-state index in [1.165, 1.54) is 32.1 Å². The predicted molar refractivity (Wildman–Crippen MR) is 60.4 cm³/mol. The lowest BCUT2D eigenvalue weighted by atomic mass is 9.84. The molecule has 3 unspecified atom stereocenters. The Morgan fingerprint density at radius 1 is 1.29 bits per heavy atom. The number of rotatable bonds is 3. The van der Waals surface area contributed by atoms with Crippen LogP contribution in [0.25, 0.3) is 0 Å². The van der Waals surface area contributed by atoms with Crippen molar-refractivity contribution >= 4 is 0 Å². The summed E-state index contributed by atoms with van der Waals surface area (Å²) in [7, 11) is 4.44. The molecule has 2 saturated heterocycles. The molecule has 2 aliphatic rings. The van der Waals surface area contributed by atoms with Gasteiger partial charge in [-0.25, -0.2) is 0 Å². The number of hydrogen-bond acceptors (Lipinski definition) is 2. The Morgan fingerprint density at radius 3 is 2.29 bits per heavy atom. The van der Waals surface area contributed by atoms with Crippen molar-refractivity contribution in [3.8, 4) is 0 Å². The van der Waals surface area contributed by atoms with Gasteiger partial charge in [-0.2, -0.15) is 0 Å². The Bertz CT molecular complexity index is 175. The Balaban J connectivity index is 1.98. The van der Waals surface area contributed by atoms with Crippen molar-refractivity contribution in [1.29, 1.82) is 0 Å². The standard InChI is InChI=1S/C12H24N2/c1-4-12(13-2)9-7-10-5-6-11(8-9)14(10)3/h9-13H,4-8H2,1-3H3. The summed E-state index contributed by atoms with van der Waals surface area (Å²) >= 11 is 0. The maximum Gasteiger partial charge on any atom is 0.00989 e. The van der Waals surface area contributed by atoms with Crippen LogP contribution in [-0.4, -0.2) is 37.1 Å². The largest absolute Gasteiger partial charge is 0.317 e. The summed E-state index contributed by atoms with van der Waals surface area (Å²) < 4.78 is 0. The van der Waals surface area contributed by atoms with Crippen LogP contribution in [0.5, 0.6) is 0 Å². The highest BCUT2D eigenvalue weighted by atomic mass is 15.2. The van der Waals surface area contributed by atoms with E-state index in [0.29, 0.717) is 0 Å². The third-order valence-electron chi connectivity index (χ3n) is 4.51. The SMILES string of the molecule is CCC(NC)C1CC2CCC(C1)N2C. The fourth-order valence-electron chi connectivity index (χ4n) is 3.56. The van der Waals surface area contributed by atoms with Crippen molar-refractivity contribution in [2.75, 3.05) is 14.1 Å². The highest BCUT2D eigenvalue weighted by Gasteiger charge is 2.40. The summed E-state index contributed by atoms with van der Waals surface area (Å²) in [6.07, 6.45) is 7.01. The van der Waals surface area contributed by atoms with Crippen molar-refractivity contribution in [2.24, 2.45) is 5.92 Å². The van der Waals surface area contributed by atoms with Crippen molar-refractivity contribution in [2.45, 2.75) is 57.2 Å². The summed E-state index contributed by atoms with van der Waals surface area (Å²) in [5, 5.41) is 3.49. The zero-order chi connectivity index (χ0) is 10.1. The maximum absolute atomic E-state index is 3.49. The molecular weight excluding hydrogens is 172 g/mol. The fourth-order valence-corrected chi connectivity index (χ4v) is 3.56. The minimum atomic E-state index is 0.756. The van der Waals surface area contributed by atoms with Crippen LogP contribution >= 0.6 is 0 Å². The first-order chi connectivity index (χ1) is 6.76. The second kappa shape index (κ2) is 4.19. The van der Waals surface area contributed by atoms with Gasteiger partial charge >= 0.3 is 0 Å². The first-order valence-electron chi connectivity index (χ1n) is 6.15. The summed E-state index contributed by atoms with van der Waals surface area (Å²) in [6.45, 7) is 2.31. The van der Waals surface area contributed by atoms with Gasteiger partial charge in [-0.1, -0.05) is 6.92 Å². The molecule has 0 aromatic carbocycles. The summed E-state index contributed by atoms with van der Waals surface area (Å²) in [6, 6.07) is 2.54. The van der Waals surface area contributed by atoms with Crippen molar-refractivity contribution in [1.82, 2.24) is 10.2 Å². The molecule has 2 heteroatoms. The smallest absolute Gasteiger partial charge is 0.00989 e. The second-order valence-electron chi connectivity index (χ2n) is 5.09. The van der Waals surface area contributed by atoms with Crippen LogP contribution in [0.15, 0.2) is 0 Å². The van der Waals surface area contributed by atoms with E-state index in [4.69, 9.17) is 0 Å². The molecule has 0 aromatic rings. The van der Waals surface area contributed by atoms with Gasteiger partial charge in [0.05, 0.1) is 0 Å². The maximum atomic E-state index is 3.49. The van der Waals surface area contributed by atoms with Crippen LogP contribution in [0, 0.1) is 5.92 Å². The van der Waals surface area contributed by atoms with E-state index in [-0.39, 0.29) is 0 Å². The lowest BCUT2D eigenvalue weighted by Gasteiger charge is -2.39. The Hall–Kier alpha value is -0.0800. The molecule has 0 amide bonds. The molecule has 2 nitrogen and oxygen atoms in total. The Morgan fingerprint density at radius 2 is 1.86 bits per heavy atom. The van der Waals surface area contributed by atoms with Crippen LogP contribution in [0.4, 0.5) is 0 Å². The highest BCUT2D eigenvalue weighted by Crippen LogP contribution is 2.39. The van der Waals surface area contributed by atoms with Gasteiger partial charge in [0.1, 0.15) is 0 Å². The zero-order valence-corrected chi connectivity index (χ0v) is 9.79. The number of nitrogens with one attached hydrogen (secondary N) is 1. The summed E-state index contributed by atoms with van der Waals surface area (Å²) in [5.74, 6) is 0.929. The van der Waals surface area contributed by atoms with E-state index < -0.39 is 0 Å². The van der Waals surface area contributed by atoms with Gasteiger partial charge in [0.2, 0.25) is 0 Å². The van der Waals surface area contributed by atoms with Gasteiger partial charge in [-0.15, -0.1) is 0 Å². The highest BCUT2D eigenvalue weighted by molar-refractivity contribution is 4.96. The molecule has 82 valence electrons. The monoisotopic (exact) mass is 196 g/mol. The minimum absolute atomic E-state index is 0.756. The minimum Gasteiger partial charge on any atom is -0.317 e. The molecule has 0 saturated carbocycles. The van der Waals surface area contributed by atoms with Crippen LogP contribution in [0.1, 0.15) is 39.0 Å². The van der Waals surface area contributed by atoms with Crippen LogP contribution < -0.4 is 5.32 Å². The van der Waals surface area contributed by atoms with E-state index in [1.807, 2.05) is 0 Å². The average molecular weight is 196 g/mol. The van der Waals surface area contributed by atoms with Gasteiger partial charge in [0.25, 0.3) is 0 Å². The first kappa shape index (κ1) is 10.4.